The Bertz CT molecular complexity index is 424. The molecule has 8 heteroatoms. The zero-order valence-electron chi connectivity index (χ0n) is 11.2. The molecule has 8 nitrogen and oxygen atoms in total. The minimum atomic E-state index is -1.05. The highest BCUT2D eigenvalue weighted by molar-refractivity contribution is 5.80. The Kier molecular flexibility index (Phi) is 4.85. The van der Waals surface area contributed by atoms with Gasteiger partial charge in [-0.3, -0.25) is 4.79 Å². The molecule has 106 valence electrons. The molecule has 1 rings (SSSR count). The Hall–Kier alpha value is -2.12. The zero-order chi connectivity index (χ0) is 14.5. The second-order valence-electron chi connectivity index (χ2n) is 4.98. The summed E-state index contributed by atoms with van der Waals surface area (Å²) in [6.45, 7) is 5.28. The van der Waals surface area contributed by atoms with Crippen LogP contribution in [0.4, 0.5) is 4.79 Å². The third kappa shape index (κ3) is 4.94. The highest BCUT2D eigenvalue weighted by atomic mass is 16.5. The molecule has 0 spiro atoms. The number of aromatic nitrogens is 2. The van der Waals surface area contributed by atoms with Crippen LogP contribution in [0.2, 0.25) is 0 Å². The molecule has 0 bridgehead atoms. The van der Waals surface area contributed by atoms with Crippen molar-refractivity contribution in [2.45, 2.75) is 32.7 Å². The van der Waals surface area contributed by atoms with E-state index in [0.717, 1.165) is 0 Å². The number of carboxylic acid groups (broad SMARTS) is 1. The topological polar surface area (TPSA) is 109 Å². The third-order valence-electron chi connectivity index (χ3n) is 2.38. The average Bonchev–Trinajstić information content (AvgIpc) is 2.77. The molecule has 1 heterocycles. The summed E-state index contributed by atoms with van der Waals surface area (Å²) in [5.41, 5.74) is -0.575. The van der Waals surface area contributed by atoms with Crippen LogP contribution in [0.15, 0.2) is 10.9 Å². The number of carboxylic acids is 1. The first-order valence-corrected chi connectivity index (χ1v) is 5.83. The van der Waals surface area contributed by atoms with E-state index in [0.29, 0.717) is 18.8 Å². The lowest BCUT2D eigenvalue weighted by atomic mass is 10.1. The number of aliphatic carboxylic acids is 1. The van der Waals surface area contributed by atoms with Crippen LogP contribution in [0.25, 0.3) is 0 Å². The SMILES string of the molecule is CC(C)(C)N(CC(=O)O)C(=O)NCCc1ncon1. The Morgan fingerprint density at radius 3 is 2.63 bits per heavy atom. The highest BCUT2D eigenvalue weighted by Crippen LogP contribution is 2.12. The van der Waals surface area contributed by atoms with Crippen LogP contribution in [0.3, 0.4) is 0 Å². The van der Waals surface area contributed by atoms with Gasteiger partial charge in [0.15, 0.2) is 5.82 Å². The largest absolute Gasteiger partial charge is 0.480 e. The summed E-state index contributed by atoms with van der Waals surface area (Å²) in [6.07, 6.45) is 1.64. The van der Waals surface area contributed by atoms with E-state index in [1.54, 1.807) is 20.8 Å². The summed E-state index contributed by atoms with van der Waals surface area (Å²) in [7, 11) is 0. The summed E-state index contributed by atoms with van der Waals surface area (Å²) in [4.78, 5) is 27.8. The normalized spacial score (nSPS) is 11.1. The van der Waals surface area contributed by atoms with Crippen molar-refractivity contribution in [3.63, 3.8) is 0 Å². The molecule has 2 N–H and O–H groups in total. The second-order valence-corrected chi connectivity index (χ2v) is 4.98. The standard InChI is InChI=1S/C11H18N4O4/c1-11(2,3)15(6-9(16)17)10(18)12-5-4-8-13-7-19-14-8/h7H,4-6H2,1-3H3,(H,12,18)(H,16,17). The van der Waals surface area contributed by atoms with Gasteiger partial charge < -0.3 is 19.8 Å². The van der Waals surface area contributed by atoms with E-state index < -0.39 is 17.5 Å². The minimum absolute atomic E-state index is 0.310. The Balaban J connectivity index is 2.50. The maximum Gasteiger partial charge on any atom is 0.323 e. The van der Waals surface area contributed by atoms with Gasteiger partial charge >= 0.3 is 12.0 Å². The van der Waals surface area contributed by atoms with Crippen LogP contribution in [-0.2, 0) is 11.2 Å². The van der Waals surface area contributed by atoms with Gasteiger partial charge in [0, 0.05) is 18.5 Å². The van der Waals surface area contributed by atoms with Crippen LogP contribution in [0.1, 0.15) is 26.6 Å². The van der Waals surface area contributed by atoms with Crippen molar-refractivity contribution >= 4 is 12.0 Å². The van der Waals surface area contributed by atoms with Gasteiger partial charge in [0.25, 0.3) is 0 Å². The molecular weight excluding hydrogens is 252 g/mol. The van der Waals surface area contributed by atoms with Crippen LogP contribution >= 0.6 is 0 Å². The molecule has 0 aliphatic rings. The van der Waals surface area contributed by atoms with E-state index in [1.807, 2.05) is 0 Å². The minimum Gasteiger partial charge on any atom is -0.480 e. The zero-order valence-corrected chi connectivity index (χ0v) is 11.2. The fraction of sp³-hybridized carbons (Fsp3) is 0.636. The molecule has 0 saturated carbocycles. The van der Waals surface area contributed by atoms with Gasteiger partial charge in [0.2, 0.25) is 6.39 Å². The van der Waals surface area contributed by atoms with Gasteiger partial charge in [-0.2, -0.15) is 4.98 Å². The van der Waals surface area contributed by atoms with Crippen LogP contribution in [0.5, 0.6) is 0 Å². The van der Waals surface area contributed by atoms with Gasteiger partial charge in [0.05, 0.1) is 0 Å². The van der Waals surface area contributed by atoms with E-state index in [-0.39, 0.29) is 6.54 Å². The fourth-order valence-corrected chi connectivity index (χ4v) is 1.43. The van der Waals surface area contributed by atoms with Gasteiger partial charge in [-0.15, -0.1) is 0 Å². The fourth-order valence-electron chi connectivity index (χ4n) is 1.43. The van der Waals surface area contributed by atoms with Crippen molar-refractivity contribution in [2.75, 3.05) is 13.1 Å². The molecule has 0 radical (unpaired) electrons. The predicted molar refractivity (Wildman–Crippen MR) is 65.5 cm³/mol. The lowest BCUT2D eigenvalue weighted by molar-refractivity contribution is -0.138. The molecule has 0 saturated heterocycles. The summed E-state index contributed by atoms with van der Waals surface area (Å²) >= 11 is 0. The predicted octanol–water partition coefficient (Wildman–Crippen LogP) is 0.507. The van der Waals surface area contributed by atoms with Crippen molar-refractivity contribution in [3.8, 4) is 0 Å². The molecule has 0 aliphatic carbocycles. The molecular formula is C11H18N4O4. The van der Waals surface area contributed by atoms with Gasteiger partial charge in [-0.05, 0) is 20.8 Å². The molecule has 0 fully saturated rings. The molecule has 0 unspecified atom stereocenters. The number of carbonyl (C=O) groups is 2. The van der Waals surface area contributed by atoms with E-state index in [4.69, 9.17) is 5.11 Å². The van der Waals surface area contributed by atoms with Crippen LogP contribution in [-0.4, -0.2) is 50.8 Å². The number of nitrogens with one attached hydrogen (secondary N) is 1. The van der Waals surface area contributed by atoms with Gasteiger partial charge in [-0.25, -0.2) is 4.79 Å². The van der Waals surface area contributed by atoms with Gasteiger partial charge in [-0.1, -0.05) is 5.16 Å². The number of carbonyl (C=O) groups excluding carboxylic acids is 1. The quantitative estimate of drug-likeness (QED) is 0.806. The number of nitrogens with zero attached hydrogens (tertiary/aromatic N) is 3. The molecule has 0 aromatic carbocycles. The Labute approximate surface area is 110 Å². The smallest absolute Gasteiger partial charge is 0.323 e. The Morgan fingerprint density at radius 2 is 2.16 bits per heavy atom. The van der Waals surface area contributed by atoms with Crippen molar-refractivity contribution in [1.82, 2.24) is 20.4 Å². The molecule has 0 atom stereocenters. The van der Waals surface area contributed by atoms with Crippen LogP contribution in [0, 0.1) is 0 Å². The summed E-state index contributed by atoms with van der Waals surface area (Å²) < 4.78 is 4.56. The number of hydrogen-bond donors (Lipinski definition) is 2. The number of hydrogen-bond acceptors (Lipinski definition) is 5. The van der Waals surface area contributed by atoms with E-state index in [2.05, 4.69) is 20.0 Å². The first-order valence-electron chi connectivity index (χ1n) is 5.83. The Morgan fingerprint density at radius 1 is 1.47 bits per heavy atom. The van der Waals surface area contributed by atoms with E-state index in [9.17, 15) is 9.59 Å². The lowest BCUT2D eigenvalue weighted by Crippen LogP contribution is -2.52. The summed E-state index contributed by atoms with van der Waals surface area (Å²) in [5, 5.41) is 15.1. The first kappa shape index (κ1) is 14.9. The first-order chi connectivity index (χ1) is 8.80. The molecule has 19 heavy (non-hydrogen) atoms. The third-order valence-corrected chi connectivity index (χ3v) is 2.38. The van der Waals surface area contributed by atoms with Gasteiger partial charge in [0.1, 0.15) is 6.54 Å². The average molecular weight is 270 g/mol. The second kappa shape index (κ2) is 6.17. The van der Waals surface area contributed by atoms with E-state index >= 15 is 0 Å². The summed E-state index contributed by atoms with van der Waals surface area (Å²) in [5.74, 6) is -0.566. The maximum absolute atomic E-state index is 11.9. The van der Waals surface area contributed by atoms with Crippen molar-refractivity contribution in [1.29, 1.82) is 0 Å². The number of rotatable bonds is 5. The van der Waals surface area contributed by atoms with Crippen molar-refractivity contribution in [2.24, 2.45) is 0 Å². The number of urea groups is 1. The van der Waals surface area contributed by atoms with Crippen molar-refractivity contribution in [3.05, 3.63) is 12.2 Å². The van der Waals surface area contributed by atoms with Crippen LogP contribution < -0.4 is 5.32 Å². The highest BCUT2D eigenvalue weighted by Gasteiger charge is 2.28. The molecule has 0 aliphatic heterocycles. The summed E-state index contributed by atoms with van der Waals surface area (Å²) in [6, 6.07) is -0.432. The molecule has 2 amide bonds. The monoisotopic (exact) mass is 270 g/mol. The van der Waals surface area contributed by atoms with E-state index in [1.165, 1.54) is 11.3 Å². The maximum atomic E-state index is 11.9. The molecule has 1 aromatic rings. The van der Waals surface area contributed by atoms with Crippen molar-refractivity contribution < 1.29 is 19.2 Å². The number of amides is 2. The lowest BCUT2D eigenvalue weighted by Gasteiger charge is -2.34. The molecule has 1 aromatic heterocycles.